The summed E-state index contributed by atoms with van der Waals surface area (Å²) in [6, 6.07) is -0.667. The van der Waals surface area contributed by atoms with E-state index in [-0.39, 0.29) is 18.0 Å². The Bertz CT molecular complexity index is 217. The molecular formula is C8H14N2O3. The molecule has 13 heavy (non-hydrogen) atoms. The molecule has 74 valence electrons. The molecule has 1 heterocycles. The maximum atomic E-state index is 11.3. The van der Waals surface area contributed by atoms with E-state index < -0.39 is 0 Å². The molecule has 1 saturated heterocycles. The highest BCUT2D eigenvalue weighted by atomic mass is 16.5. The van der Waals surface area contributed by atoms with Gasteiger partial charge in [0.15, 0.2) is 0 Å². The molecule has 0 saturated carbocycles. The zero-order valence-corrected chi connectivity index (χ0v) is 7.87. The van der Waals surface area contributed by atoms with E-state index in [4.69, 9.17) is 4.74 Å². The van der Waals surface area contributed by atoms with Crippen LogP contribution in [0.4, 0.5) is 4.79 Å². The summed E-state index contributed by atoms with van der Waals surface area (Å²) >= 11 is 0. The lowest BCUT2D eigenvalue weighted by Crippen LogP contribution is -2.29. The number of likely N-dealkylation sites (N-methyl/N-ethyl adjacent to an activating group) is 1. The lowest BCUT2D eigenvalue weighted by Gasteiger charge is -2.06. The normalized spacial score (nSPS) is 22.3. The van der Waals surface area contributed by atoms with Gasteiger partial charge in [-0.1, -0.05) is 0 Å². The van der Waals surface area contributed by atoms with E-state index in [1.807, 2.05) is 0 Å². The average Bonchev–Trinajstić information content (AvgIpc) is 2.34. The van der Waals surface area contributed by atoms with Gasteiger partial charge in [-0.15, -0.1) is 0 Å². The number of ether oxygens (including phenoxy) is 1. The highest BCUT2D eigenvalue weighted by Gasteiger charge is 2.34. The fourth-order valence-corrected chi connectivity index (χ4v) is 1.27. The van der Waals surface area contributed by atoms with Gasteiger partial charge < -0.3 is 10.1 Å². The average molecular weight is 186 g/mol. The Kier molecular flexibility index (Phi) is 3.25. The fourth-order valence-electron chi connectivity index (χ4n) is 1.27. The van der Waals surface area contributed by atoms with Crippen molar-refractivity contribution < 1.29 is 14.3 Å². The second-order valence-corrected chi connectivity index (χ2v) is 3.03. The molecule has 0 aromatic rings. The molecule has 1 aliphatic rings. The SMILES string of the molecule is COCCCC1NC(=O)N(C)C1=O. The molecule has 1 unspecified atom stereocenters. The number of hydrogen-bond acceptors (Lipinski definition) is 3. The number of amides is 3. The van der Waals surface area contributed by atoms with Crippen molar-refractivity contribution in [2.24, 2.45) is 0 Å². The van der Waals surface area contributed by atoms with Crippen molar-refractivity contribution in [2.75, 3.05) is 20.8 Å². The summed E-state index contributed by atoms with van der Waals surface area (Å²) in [5.74, 6) is -0.152. The van der Waals surface area contributed by atoms with E-state index >= 15 is 0 Å². The molecule has 3 amide bonds. The third kappa shape index (κ3) is 2.18. The smallest absolute Gasteiger partial charge is 0.324 e. The Morgan fingerprint density at radius 1 is 1.54 bits per heavy atom. The van der Waals surface area contributed by atoms with E-state index in [1.54, 1.807) is 7.11 Å². The van der Waals surface area contributed by atoms with Crippen LogP contribution in [-0.2, 0) is 9.53 Å². The molecule has 0 aromatic carbocycles. The van der Waals surface area contributed by atoms with Crippen molar-refractivity contribution in [1.29, 1.82) is 0 Å². The lowest BCUT2D eigenvalue weighted by molar-refractivity contribution is -0.126. The zero-order chi connectivity index (χ0) is 9.84. The number of carbonyl (C=O) groups excluding carboxylic acids is 2. The number of urea groups is 1. The molecule has 0 aliphatic carbocycles. The van der Waals surface area contributed by atoms with Crippen molar-refractivity contribution in [1.82, 2.24) is 10.2 Å². The first-order chi connectivity index (χ1) is 6.16. The standard InChI is InChI=1S/C8H14N2O3/c1-10-7(11)6(9-8(10)12)4-3-5-13-2/h6H,3-5H2,1-2H3,(H,9,12). The minimum atomic E-state index is -0.354. The first-order valence-corrected chi connectivity index (χ1v) is 4.24. The molecule has 5 nitrogen and oxygen atoms in total. The topological polar surface area (TPSA) is 58.6 Å². The third-order valence-corrected chi connectivity index (χ3v) is 2.07. The summed E-state index contributed by atoms with van der Waals surface area (Å²) in [4.78, 5) is 23.4. The van der Waals surface area contributed by atoms with E-state index in [9.17, 15) is 9.59 Å². The molecule has 1 aliphatic heterocycles. The van der Waals surface area contributed by atoms with Crippen molar-refractivity contribution in [3.05, 3.63) is 0 Å². The van der Waals surface area contributed by atoms with Crippen LogP contribution < -0.4 is 5.32 Å². The molecule has 0 bridgehead atoms. The van der Waals surface area contributed by atoms with Gasteiger partial charge in [-0.2, -0.15) is 0 Å². The molecule has 1 atom stereocenters. The predicted molar refractivity (Wildman–Crippen MR) is 46.2 cm³/mol. The number of nitrogens with one attached hydrogen (secondary N) is 1. The summed E-state index contributed by atoms with van der Waals surface area (Å²) < 4.78 is 4.85. The van der Waals surface area contributed by atoms with Crippen molar-refractivity contribution >= 4 is 11.9 Å². The summed E-state index contributed by atoms with van der Waals surface area (Å²) in [6.07, 6.45) is 1.42. The molecule has 5 heteroatoms. The van der Waals surface area contributed by atoms with Crippen molar-refractivity contribution in [3.63, 3.8) is 0 Å². The summed E-state index contributed by atoms with van der Waals surface area (Å²) in [7, 11) is 3.09. The Hall–Kier alpha value is -1.10. The molecule has 1 rings (SSSR count). The first kappa shape index (κ1) is 9.98. The Labute approximate surface area is 77.0 Å². The van der Waals surface area contributed by atoms with Crippen LogP contribution >= 0.6 is 0 Å². The minimum absolute atomic E-state index is 0.152. The monoisotopic (exact) mass is 186 g/mol. The van der Waals surface area contributed by atoms with Gasteiger partial charge >= 0.3 is 6.03 Å². The molecule has 0 spiro atoms. The highest BCUT2D eigenvalue weighted by Crippen LogP contribution is 2.08. The predicted octanol–water partition coefficient (Wildman–Crippen LogP) is -0.0368. The van der Waals surface area contributed by atoms with Crippen molar-refractivity contribution in [3.8, 4) is 0 Å². The maximum Gasteiger partial charge on any atom is 0.324 e. The van der Waals surface area contributed by atoms with Crippen LogP contribution in [0.1, 0.15) is 12.8 Å². The number of hydrogen-bond donors (Lipinski definition) is 1. The molecule has 1 N–H and O–H groups in total. The first-order valence-electron chi connectivity index (χ1n) is 4.24. The van der Waals surface area contributed by atoms with Crippen molar-refractivity contribution in [2.45, 2.75) is 18.9 Å². The number of imide groups is 1. The van der Waals surface area contributed by atoms with Gasteiger partial charge in [0.2, 0.25) is 0 Å². The van der Waals surface area contributed by atoms with E-state index in [2.05, 4.69) is 5.32 Å². The van der Waals surface area contributed by atoms with Gasteiger partial charge in [0, 0.05) is 20.8 Å². The van der Waals surface area contributed by atoms with Gasteiger partial charge in [0.25, 0.3) is 5.91 Å². The zero-order valence-electron chi connectivity index (χ0n) is 7.87. The lowest BCUT2D eigenvalue weighted by atomic mass is 10.1. The number of methoxy groups -OCH3 is 1. The van der Waals surface area contributed by atoms with Crippen LogP contribution in [-0.4, -0.2) is 43.6 Å². The molecule has 0 aromatic heterocycles. The minimum Gasteiger partial charge on any atom is -0.385 e. The van der Waals surface area contributed by atoms with Gasteiger partial charge in [0.1, 0.15) is 6.04 Å². The second-order valence-electron chi connectivity index (χ2n) is 3.03. The highest BCUT2D eigenvalue weighted by molar-refractivity contribution is 6.03. The van der Waals surface area contributed by atoms with Crippen LogP contribution in [0.15, 0.2) is 0 Å². The maximum absolute atomic E-state index is 11.3. The molecular weight excluding hydrogens is 172 g/mol. The van der Waals surface area contributed by atoms with Gasteiger partial charge in [-0.05, 0) is 12.8 Å². The largest absolute Gasteiger partial charge is 0.385 e. The van der Waals surface area contributed by atoms with Crippen LogP contribution in [0.25, 0.3) is 0 Å². The second kappa shape index (κ2) is 4.23. The number of nitrogens with zero attached hydrogens (tertiary/aromatic N) is 1. The third-order valence-electron chi connectivity index (χ3n) is 2.07. The summed E-state index contributed by atoms with van der Waals surface area (Å²) in [6.45, 7) is 0.614. The quantitative estimate of drug-likeness (QED) is 0.495. The van der Waals surface area contributed by atoms with Crippen LogP contribution in [0.2, 0.25) is 0 Å². The van der Waals surface area contributed by atoms with Gasteiger partial charge in [-0.3, -0.25) is 9.69 Å². The number of rotatable bonds is 4. The Morgan fingerprint density at radius 3 is 2.69 bits per heavy atom. The Morgan fingerprint density at radius 2 is 2.23 bits per heavy atom. The molecule has 1 fully saturated rings. The summed E-state index contributed by atoms with van der Waals surface area (Å²) in [5, 5.41) is 2.59. The van der Waals surface area contributed by atoms with E-state index in [1.165, 1.54) is 7.05 Å². The van der Waals surface area contributed by atoms with Gasteiger partial charge in [0.05, 0.1) is 0 Å². The fraction of sp³-hybridized carbons (Fsp3) is 0.750. The van der Waals surface area contributed by atoms with E-state index in [0.29, 0.717) is 13.0 Å². The van der Waals surface area contributed by atoms with Crippen LogP contribution in [0.5, 0.6) is 0 Å². The Balaban J connectivity index is 2.36. The molecule has 0 radical (unpaired) electrons. The van der Waals surface area contributed by atoms with Crippen LogP contribution in [0, 0.1) is 0 Å². The van der Waals surface area contributed by atoms with Gasteiger partial charge in [-0.25, -0.2) is 4.79 Å². The summed E-state index contributed by atoms with van der Waals surface area (Å²) in [5.41, 5.74) is 0. The number of carbonyl (C=O) groups is 2. The van der Waals surface area contributed by atoms with E-state index in [0.717, 1.165) is 11.3 Å². The van der Waals surface area contributed by atoms with Crippen LogP contribution in [0.3, 0.4) is 0 Å².